The van der Waals surface area contributed by atoms with Gasteiger partial charge in [0.25, 0.3) is 5.91 Å². The molecule has 0 radical (unpaired) electrons. The molecule has 3 N–H and O–H groups in total. The van der Waals surface area contributed by atoms with Crippen LogP contribution in [-0.4, -0.2) is 32.4 Å². The highest BCUT2D eigenvalue weighted by Crippen LogP contribution is 2.28. The van der Waals surface area contributed by atoms with Gasteiger partial charge in [-0.05, 0) is 36.2 Å². The van der Waals surface area contributed by atoms with Gasteiger partial charge in [0.15, 0.2) is 0 Å². The van der Waals surface area contributed by atoms with Crippen LogP contribution < -0.4 is 25.8 Å². The normalized spacial score (nSPS) is 19.2. The maximum atomic E-state index is 12.4. The van der Waals surface area contributed by atoms with Gasteiger partial charge in [-0.2, -0.15) is 5.10 Å². The second-order valence-electron chi connectivity index (χ2n) is 5.99. The van der Waals surface area contributed by atoms with Crippen molar-refractivity contribution in [3.05, 3.63) is 58.6 Å². The van der Waals surface area contributed by atoms with Crippen LogP contribution in [0.3, 0.4) is 0 Å². The molecule has 0 saturated carbocycles. The van der Waals surface area contributed by atoms with E-state index in [0.717, 1.165) is 5.56 Å². The van der Waals surface area contributed by atoms with Crippen molar-refractivity contribution in [2.45, 2.75) is 18.5 Å². The van der Waals surface area contributed by atoms with E-state index in [2.05, 4.69) is 21.4 Å². The zero-order chi connectivity index (χ0) is 19.2. The second-order valence-corrected chi connectivity index (χ2v) is 6.40. The van der Waals surface area contributed by atoms with Crippen molar-refractivity contribution >= 4 is 23.7 Å². The molecular formula is C19H21ClN4O3. The Kier molecular flexibility index (Phi) is 6.28. The fraction of sp³-hybridized carbons (Fsp3) is 0.263. The Hall–Kier alpha value is -2.61. The lowest BCUT2D eigenvalue weighted by molar-refractivity contribution is -0.122. The van der Waals surface area contributed by atoms with Gasteiger partial charge in [0.2, 0.25) is 0 Å². The molecule has 1 amide bonds. The smallest absolute Gasteiger partial charge is 0.258 e. The Morgan fingerprint density at radius 3 is 2.78 bits per heavy atom. The van der Waals surface area contributed by atoms with E-state index >= 15 is 0 Å². The molecule has 142 valence electrons. The number of hydrazine groups is 1. The number of rotatable bonds is 6. The first-order valence-corrected chi connectivity index (χ1v) is 8.80. The van der Waals surface area contributed by atoms with E-state index in [1.807, 2.05) is 24.3 Å². The fourth-order valence-electron chi connectivity index (χ4n) is 2.87. The molecule has 0 aromatic heterocycles. The molecule has 2 unspecified atom stereocenters. The van der Waals surface area contributed by atoms with Gasteiger partial charge in [-0.3, -0.25) is 4.79 Å². The highest BCUT2D eigenvalue weighted by atomic mass is 35.5. The molecule has 0 spiro atoms. The van der Waals surface area contributed by atoms with E-state index in [1.165, 1.54) is 6.21 Å². The second kappa shape index (κ2) is 8.85. The monoisotopic (exact) mass is 388 g/mol. The summed E-state index contributed by atoms with van der Waals surface area (Å²) >= 11 is 6.22. The number of carbonyl (C=O) groups is 1. The molecule has 7 nitrogen and oxygen atoms in total. The number of nitrogens with zero attached hydrogens (tertiary/aromatic N) is 1. The van der Waals surface area contributed by atoms with Crippen molar-refractivity contribution in [2.24, 2.45) is 5.10 Å². The number of carbonyl (C=O) groups excluding carboxylic acids is 1. The molecule has 27 heavy (non-hydrogen) atoms. The molecule has 1 heterocycles. The third kappa shape index (κ3) is 4.57. The van der Waals surface area contributed by atoms with E-state index < -0.39 is 6.04 Å². The first-order valence-electron chi connectivity index (χ1n) is 8.42. The predicted molar refractivity (Wildman–Crippen MR) is 104 cm³/mol. The molecular weight excluding hydrogens is 368 g/mol. The van der Waals surface area contributed by atoms with E-state index in [4.69, 9.17) is 21.1 Å². The van der Waals surface area contributed by atoms with Crippen LogP contribution in [0.2, 0.25) is 5.02 Å². The Morgan fingerprint density at radius 2 is 2.04 bits per heavy atom. The summed E-state index contributed by atoms with van der Waals surface area (Å²) in [4.78, 5) is 12.4. The van der Waals surface area contributed by atoms with Gasteiger partial charge < -0.3 is 9.47 Å². The summed E-state index contributed by atoms with van der Waals surface area (Å²) < 4.78 is 10.5. The van der Waals surface area contributed by atoms with Gasteiger partial charge >= 0.3 is 0 Å². The summed E-state index contributed by atoms with van der Waals surface area (Å²) in [6, 6.07) is 12.4. The molecule has 0 aliphatic carbocycles. The molecule has 2 aromatic carbocycles. The molecule has 0 bridgehead atoms. The zero-order valence-corrected chi connectivity index (χ0v) is 15.8. The van der Waals surface area contributed by atoms with E-state index in [1.54, 1.807) is 32.4 Å². The lowest BCUT2D eigenvalue weighted by atomic mass is 10.0. The number of hydrogen-bond donors (Lipinski definition) is 3. The predicted octanol–water partition coefficient (Wildman–Crippen LogP) is 2.42. The number of hydrogen-bond acceptors (Lipinski definition) is 6. The average Bonchev–Trinajstić information content (AvgIpc) is 3.18. The number of methoxy groups -OCH3 is 2. The number of benzene rings is 2. The summed E-state index contributed by atoms with van der Waals surface area (Å²) in [6.45, 7) is 0. The first-order chi connectivity index (χ1) is 13.1. The largest absolute Gasteiger partial charge is 0.497 e. The summed E-state index contributed by atoms with van der Waals surface area (Å²) in [5, 5.41) is 4.70. The summed E-state index contributed by atoms with van der Waals surface area (Å²) in [6.07, 6.45) is 2.08. The minimum Gasteiger partial charge on any atom is -0.497 e. The van der Waals surface area contributed by atoms with Gasteiger partial charge in [0, 0.05) is 16.6 Å². The Morgan fingerprint density at radius 1 is 1.22 bits per heavy atom. The van der Waals surface area contributed by atoms with Crippen LogP contribution in [0.5, 0.6) is 11.5 Å². The highest BCUT2D eigenvalue weighted by molar-refractivity contribution is 6.31. The first kappa shape index (κ1) is 19.2. The van der Waals surface area contributed by atoms with Crippen molar-refractivity contribution < 1.29 is 14.3 Å². The highest BCUT2D eigenvalue weighted by Gasteiger charge is 2.30. The van der Waals surface area contributed by atoms with Crippen LogP contribution in [0.1, 0.15) is 23.6 Å². The van der Waals surface area contributed by atoms with E-state index in [-0.39, 0.29) is 11.9 Å². The van der Waals surface area contributed by atoms with Crippen LogP contribution in [-0.2, 0) is 4.79 Å². The van der Waals surface area contributed by atoms with Gasteiger partial charge in [-0.15, -0.1) is 0 Å². The lowest BCUT2D eigenvalue weighted by Crippen LogP contribution is -2.41. The number of hydrazone groups is 1. The molecule has 1 fully saturated rings. The van der Waals surface area contributed by atoms with Crippen LogP contribution in [0.15, 0.2) is 47.6 Å². The van der Waals surface area contributed by atoms with E-state index in [0.29, 0.717) is 28.5 Å². The fourth-order valence-corrected chi connectivity index (χ4v) is 3.14. The van der Waals surface area contributed by atoms with Gasteiger partial charge in [-0.1, -0.05) is 29.8 Å². The van der Waals surface area contributed by atoms with Crippen LogP contribution in [0.25, 0.3) is 0 Å². The van der Waals surface area contributed by atoms with Gasteiger partial charge in [-0.25, -0.2) is 16.3 Å². The van der Waals surface area contributed by atoms with Crippen molar-refractivity contribution in [1.29, 1.82) is 0 Å². The topological polar surface area (TPSA) is 84.0 Å². The third-order valence-corrected chi connectivity index (χ3v) is 4.66. The molecule has 3 rings (SSSR count). The van der Waals surface area contributed by atoms with Crippen LogP contribution >= 0.6 is 11.6 Å². The Balaban J connectivity index is 1.60. The molecule has 2 atom stereocenters. The number of nitrogens with one attached hydrogen (secondary N) is 3. The van der Waals surface area contributed by atoms with Crippen LogP contribution in [0.4, 0.5) is 0 Å². The molecule has 2 aromatic rings. The number of halogens is 1. The van der Waals surface area contributed by atoms with Crippen molar-refractivity contribution in [3.63, 3.8) is 0 Å². The zero-order valence-electron chi connectivity index (χ0n) is 15.0. The summed E-state index contributed by atoms with van der Waals surface area (Å²) in [5.74, 6) is 1.07. The average molecular weight is 389 g/mol. The van der Waals surface area contributed by atoms with Crippen molar-refractivity contribution in [3.8, 4) is 11.5 Å². The minimum atomic E-state index is -0.421. The molecule has 1 aliphatic rings. The third-order valence-electron chi connectivity index (χ3n) is 4.32. The molecule has 1 saturated heterocycles. The molecule has 1 aliphatic heterocycles. The quantitative estimate of drug-likeness (QED) is 0.523. The SMILES string of the molecule is COc1ccc(OC)c(/C=N/NC(=O)C2CC(c3ccccc3Cl)NN2)c1. The summed E-state index contributed by atoms with van der Waals surface area (Å²) in [7, 11) is 3.15. The standard InChI is InChI=1S/C19H21ClN4O3/c1-26-13-7-8-18(27-2)12(9-13)11-21-24-19(25)17-10-16(22-23-17)14-5-3-4-6-15(14)20/h3-9,11,16-17,22-23H,10H2,1-2H3,(H,24,25)/b21-11+. The summed E-state index contributed by atoms with van der Waals surface area (Å²) in [5.41, 5.74) is 10.3. The van der Waals surface area contributed by atoms with Crippen molar-refractivity contribution in [2.75, 3.05) is 14.2 Å². The minimum absolute atomic E-state index is 0.0445. The van der Waals surface area contributed by atoms with Crippen molar-refractivity contribution in [1.82, 2.24) is 16.3 Å². The number of ether oxygens (including phenoxy) is 2. The Bertz CT molecular complexity index is 843. The number of amides is 1. The van der Waals surface area contributed by atoms with Gasteiger partial charge in [0.05, 0.1) is 20.4 Å². The lowest BCUT2D eigenvalue weighted by Gasteiger charge is -2.11. The Labute approximate surface area is 162 Å². The van der Waals surface area contributed by atoms with Gasteiger partial charge in [0.1, 0.15) is 17.5 Å². The maximum Gasteiger partial charge on any atom is 0.258 e. The molecule has 8 heteroatoms. The van der Waals surface area contributed by atoms with E-state index in [9.17, 15) is 4.79 Å². The van der Waals surface area contributed by atoms with Crippen LogP contribution in [0, 0.1) is 0 Å². The maximum absolute atomic E-state index is 12.4.